The summed E-state index contributed by atoms with van der Waals surface area (Å²) in [6.45, 7) is 2.45. The van der Waals surface area contributed by atoms with E-state index < -0.39 is 12.0 Å². The highest BCUT2D eigenvalue weighted by Gasteiger charge is 2.26. The fourth-order valence-electron chi connectivity index (χ4n) is 3.74. The highest BCUT2D eigenvalue weighted by molar-refractivity contribution is 6.08. The lowest BCUT2D eigenvalue weighted by molar-refractivity contribution is 0.0601. The molecule has 0 bridgehead atoms. The minimum atomic E-state index is -0.534. The number of benzene rings is 3. The maximum Gasteiger partial charge on any atom is 0.339 e. The average Bonchev–Trinajstić information content (AvgIpc) is 3.22. The van der Waals surface area contributed by atoms with E-state index in [1.807, 2.05) is 31.2 Å². The van der Waals surface area contributed by atoms with Crippen LogP contribution in [0.15, 0.2) is 66.7 Å². The second-order valence-corrected chi connectivity index (χ2v) is 7.54. The summed E-state index contributed by atoms with van der Waals surface area (Å²) in [5.41, 5.74) is 4.50. The van der Waals surface area contributed by atoms with Crippen molar-refractivity contribution in [1.82, 2.24) is 0 Å². The highest BCUT2D eigenvalue weighted by Crippen LogP contribution is 2.32. The number of esters is 1. The van der Waals surface area contributed by atoms with E-state index in [-0.39, 0.29) is 11.5 Å². The quantitative estimate of drug-likeness (QED) is 0.592. The van der Waals surface area contributed by atoms with Crippen molar-refractivity contribution in [2.75, 3.05) is 29.2 Å². The van der Waals surface area contributed by atoms with E-state index >= 15 is 0 Å². The van der Waals surface area contributed by atoms with Crippen molar-refractivity contribution in [2.24, 2.45) is 0 Å². The van der Waals surface area contributed by atoms with Crippen molar-refractivity contribution in [3.8, 4) is 0 Å². The van der Waals surface area contributed by atoms with Gasteiger partial charge in [0.2, 0.25) is 0 Å². The molecule has 0 saturated heterocycles. The van der Waals surface area contributed by atoms with Crippen molar-refractivity contribution >= 4 is 35.0 Å². The topological polar surface area (TPSA) is 87.7 Å². The molecule has 7 heteroatoms. The van der Waals surface area contributed by atoms with Gasteiger partial charge in [0.25, 0.3) is 5.91 Å². The van der Waals surface area contributed by atoms with Gasteiger partial charge in [0.1, 0.15) is 0 Å². The molecule has 1 heterocycles. The molecular weight excluding hydrogens is 406 g/mol. The Bertz CT molecular complexity index is 1190. The summed E-state index contributed by atoms with van der Waals surface area (Å²) in [4.78, 5) is 39.3. The SMILES string of the molecule is COC(=O)c1ccc(C)cc1NC(=O)Nc1ccc2c(c1)N(C(=O)c1ccccc1)CC2. The first-order valence-electron chi connectivity index (χ1n) is 10.2. The summed E-state index contributed by atoms with van der Waals surface area (Å²) in [5.74, 6) is -0.610. The van der Waals surface area contributed by atoms with Crippen molar-refractivity contribution in [1.29, 1.82) is 0 Å². The van der Waals surface area contributed by atoms with Gasteiger partial charge in [0.05, 0.1) is 18.4 Å². The Hall–Kier alpha value is -4.13. The lowest BCUT2D eigenvalue weighted by Crippen LogP contribution is -2.29. The predicted molar refractivity (Wildman–Crippen MR) is 123 cm³/mol. The van der Waals surface area contributed by atoms with Crippen molar-refractivity contribution in [2.45, 2.75) is 13.3 Å². The van der Waals surface area contributed by atoms with E-state index in [0.717, 1.165) is 23.2 Å². The average molecular weight is 429 g/mol. The van der Waals surface area contributed by atoms with Crippen molar-refractivity contribution < 1.29 is 19.1 Å². The molecule has 0 radical (unpaired) electrons. The number of fused-ring (bicyclic) bond motifs is 1. The van der Waals surface area contributed by atoms with E-state index in [1.165, 1.54) is 7.11 Å². The van der Waals surface area contributed by atoms with E-state index in [2.05, 4.69) is 10.6 Å². The number of aryl methyl sites for hydroxylation is 1. The molecule has 32 heavy (non-hydrogen) atoms. The Morgan fingerprint density at radius 3 is 2.47 bits per heavy atom. The van der Waals surface area contributed by atoms with Crippen LogP contribution in [0.1, 0.15) is 31.8 Å². The fraction of sp³-hybridized carbons (Fsp3) is 0.160. The van der Waals surface area contributed by atoms with Gasteiger partial charge in [-0.3, -0.25) is 4.79 Å². The molecule has 4 rings (SSSR count). The molecule has 1 aliphatic rings. The zero-order valence-corrected chi connectivity index (χ0v) is 17.8. The smallest absolute Gasteiger partial charge is 0.339 e. The molecule has 3 aromatic carbocycles. The van der Waals surface area contributed by atoms with Gasteiger partial charge in [-0.15, -0.1) is 0 Å². The first-order valence-corrected chi connectivity index (χ1v) is 10.2. The second-order valence-electron chi connectivity index (χ2n) is 7.54. The van der Waals surface area contributed by atoms with Crippen LogP contribution in [-0.2, 0) is 11.2 Å². The standard InChI is InChI=1S/C25H23N3O4/c1-16-8-11-20(24(30)32-2)21(14-16)27-25(31)26-19-10-9-17-12-13-28(22(17)15-19)23(29)18-6-4-3-5-7-18/h3-11,14-15H,12-13H2,1-2H3,(H2,26,27,31). The molecule has 0 fully saturated rings. The first-order chi connectivity index (χ1) is 15.5. The Kier molecular flexibility index (Phi) is 5.89. The van der Waals surface area contributed by atoms with Gasteiger partial charge in [-0.1, -0.05) is 30.3 Å². The third-order valence-corrected chi connectivity index (χ3v) is 5.33. The fourth-order valence-corrected chi connectivity index (χ4v) is 3.74. The molecule has 0 unspecified atom stereocenters. The summed E-state index contributed by atoms with van der Waals surface area (Å²) >= 11 is 0. The van der Waals surface area contributed by atoms with Crippen LogP contribution in [0.3, 0.4) is 0 Å². The summed E-state index contributed by atoms with van der Waals surface area (Å²) < 4.78 is 4.79. The summed E-state index contributed by atoms with van der Waals surface area (Å²) in [5, 5.41) is 5.49. The monoisotopic (exact) mass is 429 g/mol. The third kappa shape index (κ3) is 4.32. The van der Waals surface area contributed by atoms with Gasteiger partial charge in [-0.2, -0.15) is 0 Å². The number of nitrogens with one attached hydrogen (secondary N) is 2. The van der Waals surface area contributed by atoms with Crippen LogP contribution < -0.4 is 15.5 Å². The molecule has 162 valence electrons. The van der Waals surface area contributed by atoms with Crippen LogP contribution >= 0.6 is 0 Å². The van der Waals surface area contributed by atoms with E-state index in [9.17, 15) is 14.4 Å². The Balaban J connectivity index is 1.52. The number of carbonyl (C=O) groups excluding carboxylic acids is 3. The molecule has 0 aliphatic carbocycles. The summed E-state index contributed by atoms with van der Waals surface area (Å²) in [7, 11) is 1.29. The molecule has 2 N–H and O–H groups in total. The van der Waals surface area contributed by atoms with Crippen LogP contribution in [0.5, 0.6) is 0 Å². The van der Waals surface area contributed by atoms with E-state index in [1.54, 1.807) is 47.4 Å². The first kappa shape index (κ1) is 21.1. The summed E-state index contributed by atoms with van der Waals surface area (Å²) in [6.07, 6.45) is 0.756. The molecule has 3 aromatic rings. The molecule has 0 saturated carbocycles. The third-order valence-electron chi connectivity index (χ3n) is 5.33. The van der Waals surface area contributed by atoms with Crippen LogP contribution in [0.2, 0.25) is 0 Å². The number of urea groups is 1. The number of ether oxygens (including phenoxy) is 1. The number of hydrogen-bond acceptors (Lipinski definition) is 4. The predicted octanol–water partition coefficient (Wildman–Crippen LogP) is 4.63. The minimum absolute atomic E-state index is 0.0755. The molecule has 0 spiro atoms. The number of methoxy groups -OCH3 is 1. The highest BCUT2D eigenvalue weighted by atomic mass is 16.5. The van der Waals surface area contributed by atoms with Crippen LogP contribution in [0.25, 0.3) is 0 Å². The van der Waals surface area contributed by atoms with Crippen molar-refractivity contribution in [3.05, 3.63) is 89.0 Å². The number of rotatable bonds is 4. The van der Waals surface area contributed by atoms with E-state index in [4.69, 9.17) is 4.74 Å². The molecule has 0 aromatic heterocycles. The molecule has 7 nitrogen and oxygen atoms in total. The zero-order chi connectivity index (χ0) is 22.7. The van der Waals surface area contributed by atoms with E-state index in [0.29, 0.717) is 23.5 Å². The molecule has 3 amide bonds. The molecule has 0 atom stereocenters. The lowest BCUT2D eigenvalue weighted by Gasteiger charge is -2.18. The number of amides is 3. The number of carbonyl (C=O) groups is 3. The number of anilines is 3. The van der Waals surface area contributed by atoms with Gasteiger partial charge in [-0.25, -0.2) is 9.59 Å². The minimum Gasteiger partial charge on any atom is -0.465 e. The van der Waals surface area contributed by atoms with Gasteiger partial charge in [-0.05, 0) is 60.9 Å². The Labute approximate surface area is 186 Å². The second kappa shape index (κ2) is 8.93. The van der Waals surface area contributed by atoms with Gasteiger partial charge < -0.3 is 20.3 Å². The van der Waals surface area contributed by atoms with Crippen LogP contribution in [0, 0.1) is 6.92 Å². The molecule has 1 aliphatic heterocycles. The van der Waals surface area contributed by atoms with Gasteiger partial charge >= 0.3 is 12.0 Å². The Morgan fingerprint density at radius 1 is 0.938 bits per heavy atom. The maximum absolute atomic E-state index is 12.9. The number of hydrogen-bond donors (Lipinski definition) is 2. The van der Waals surface area contributed by atoms with Gasteiger partial charge in [0.15, 0.2) is 0 Å². The maximum atomic E-state index is 12.9. The molecular formula is C25H23N3O4. The summed E-state index contributed by atoms with van der Waals surface area (Å²) in [6, 6.07) is 19.2. The van der Waals surface area contributed by atoms with Crippen LogP contribution in [-0.4, -0.2) is 31.6 Å². The Morgan fingerprint density at radius 2 is 1.72 bits per heavy atom. The lowest BCUT2D eigenvalue weighted by atomic mass is 10.1. The largest absolute Gasteiger partial charge is 0.465 e. The zero-order valence-electron chi connectivity index (χ0n) is 17.8. The normalized spacial score (nSPS) is 12.1. The van der Waals surface area contributed by atoms with Crippen molar-refractivity contribution in [3.63, 3.8) is 0 Å². The van der Waals surface area contributed by atoms with Crippen LogP contribution in [0.4, 0.5) is 21.9 Å². The van der Waals surface area contributed by atoms with Gasteiger partial charge in [0, 0.05) is 23.5 Å². The number of nitrogens with zero attached hydrogens (tertiary/aromatic N) is 1.